The quantitative estimate of drug-likeness (QED) is 0.384. The van der Waals surface area contributed by atoms with E-state index in [0.29, 0.717) is 16.5 Å². The second-order valence-electron chi connectivity index (χ2n) is 5.71. The fraction of sp³-hybridized carbons (Fsp3) is 0.0500. The Hall–Kier alpha value is -3.25. The highest BCUT2D eigenvalue weighted by atomic mass is 32.1. The van der Waals surface area contributed by atoms with Crippen LogP contribution in [-0.4, -0.2) is 17.1 Å². The Morgan fingerprint density at radius 3 is 2.77 bits per heavy atom. The van der Waals surface area contributed by atoms with Crippen LogP contribution in [0.25, 0.3) is 10.2 Å². The number of nitrogens with zero attached hydrogens (tertiary/aromatic N) is 3. The van der Waals surface area contributed by atoms with E-state index in [1.807, 2.05) is 37.3 Å². The predicted octanol–water partition coefficient (Wildman–Crippen LogP) is 4.88. The Kier molecular flexibility index (Phi) is 4.33. The van der Waals surface area contributed by atoms with E-state index in [-0.39, 0.29) is 5.91 Å². The Balaban J connectivity index is 1.77. The molecule has 0 saturated carbocycles. The van der Waals surface area contributed by atoms with Gasteiger partial charge in [0.15, 0.2) is 0 Å². The number of aromatic nitrogens is 1. The van der Waals surface area contributed by atoms with Crippen molar-refractivity contribution in [1.29, 1.82) is 0 Å². The number of hydrogen-bond donors (Lipinski definition) is 0. The van der Waals surface area contributed by atoms with Crippen LogP contribution in [0.3, 0.4) is 0 Å². The molecule has 0 bridgehead atoms. The minimum Gasteiger partial charge on any atom is -0.463 e. The molecular formula is C20H15N3O2S. The Bertz CT molecular complexity index is 1070. The zero-order valence-electron chi connectivity index (χ0n) is 14.0. The third kappa shape index (κ3) is 3.27. The molecule has 0 aliphatic heterocycles. The van der Waals surface area contributed by atoms with Gasteiger partial charge in [0.2, 0.25) is 5.13 Å². The smallest absolute Gasteiger partial charge is 0.280 e. The number of benzene rings is 2. The molecule has 0 unspecified atom stereocenters. The van der Waals surface area contributed by atoms with E-state index in [9.17, 15) is 4.79 Å². The molecule has 0 radical (unpaired) electrons. The third-order valence-corrected chi connectivity index (χ3v) is 4.76. The van der Waals surface area contributed by atoms with Gasteiger partial charge in [-0.1, -0.05) is 35.6 Å². The van der Waals surface area contributed by atoms with Crippen LogP contribution in [0.15, 0.2) is 76.4 Å². The van der Waals surface area contributed by atoms with Crippen molar-refractivity contribution in [2.75, 3.05) is 5.01 Å². The van der Waals surface area contributed by atoms with E-state index in [1.54, 1.807) is 30.5 Å². The molecule has 26 heavy (non-hydrogen) atoms. The molecule has 2 aromatic heterocycles. The van der Waals surface area contributed by atoms with Crippen molar-refractivity contribution in [2.45, 2.75) is 6.92 Å². The molecule has 2 aromatic carbocycles. The summed E-state index contributed by atoms with van der Waals surface area (Å²) in [6.45, 7) is 2.03. The van der Waals surface area contributed by atoms with Crippen molar-refractivity contribution in [3.05, 3.63) is 83.8 Å². The number of furan rings is 1. The lowest BCUT2D eigenvalue weighted by molar-refractivity contribution is 0.0988. The number of amides is 1. The molecule has 1 amide bonds. The van der Waals surface area contributed by atoms with Crippen molar-refractivity contribution < 1.29 is 9.21 Å². The molecule has 0 aliphatic rings. The summed E-state index contributed by atoms with van der Waals surface area (Å²) in [5.74, 6) is 0.317. The molecule has 0 N–H and O–H groups in total. The number of rotatable bonds is 4. The van der Waals surface area contributed by atoms with Gasteiger partial charge in [0.25, 0.3) is 5.91 Å². The molecule has 4 aromatic rings. The van der Waals surface area contributed by atoms with Crippen LogP contribution in [0.2, 0.25) is 0 Å². The maximum atomic E-state index is 13.0. The topological polar surface area (TPSA) is 58.7 Å². The van der Waals surface area contributed by atoms with Gasteiger partial charge in [0.05, 0.1) is 22.7 Å². The minimum atomic E-state index is -0.246. The standard InChI is InChI=1S/C20H15N3O2S/c1-14-9-10-17-18(12-14)26-20(22-17)23(21-13-16-8-5-11-25-16)19(24)15-6-3-2-4-7-15/h2-13H,1H3/b21-13-. The average Bonchev–Trinajstić information content (AvgIpc) is 3.31. The summed E-state index contributed by atoms with van der Waals surface area (Å²) in [5, 5.41) is 6.18. The van der Waals surface area contributed by atoms with E-state index in [1.165, 1.54) is 22.6 Å². The zero-order chi connectivity index (χ0) is 17.9. The Morgan fingerprint density at radius 2 is 2.00 bits per heavy atom. The Labute approximate surface area is 154 Å². The van der Waals surface area contributed by atoms with Gasteiger partial charge in [-0.25, -0.2) is 4.98 Å². The number of carbonyl (C=O) groups is 1. The van der Waals surface area contributed by atoms with Gasteiger partial charge < -0.3 is 4.42 Å². The van der Waals surface area contributed by atoms with E-state index in [0.717, 1.165) is 15.8 Å². The molecule has 0 saturated heterocycles. The van der Waals surface area contributed by atoms with E-state index in [2.05, 4.69) is 16.2 Å². The predicted molar refractivity (Wildman–Crippen MR) is 104 cm³/mol. The number of hydrogen-bond acceptors (Lipinski definition) is 5. The highest BCUT2D eigenvalue weighted by Crippen LogP contribution is 2.30. The molecule has 6 heteroatoms. The summed E-state index contributed by atoms with van der Waals surface area (Å²) < 4.78 is 6.29. The molecular weight excluding hydrogens is 346 g/mol. The number of hydrazone groups is 1. The summed E-state index contributed by atoms with van der Waals surface area (Å²) in [5.41, 5.74) is 2.53. The molecule has 0 spiro atoms. The van der Waals surface area contributed by atoms with E-state index >= 15 is 0 Å². The maximum Gasteiger partial charge on any atom is 0.280 e. The van der Waals surface area contributed by atoms with Gasteiger partial charge in [0.1, 0.15) is 5.76 Å². The van der Waals surface area contributed by atoms with Gasteiger partial charge in [-0.3, -0.25) is 4.79 Å². The van der Waals surface area contributed by atoms with Crippen molar-refractivity contribution in [3.8, 4) is 0 Å². The fourth-order valence-corrected chi connectivity index (χ4v) is 3.50. The number of carbonyl (C=O) groups excluding carboxylic acids is 1. The number of aryl methyl sites for hydroxylation is 1. The first kappa shape index (κ1) is 16.2. The van der Waals surface area contributed by atoms with Crippen molar-refractivity contribution in [3.63, 3.8) is 0 Å². The highest BCUT2D eigenvalue weighted by molar-refractivity contribution is 7.22. The first-order valence-electron chi connectivity index (χ1n) is 8.05. The molecule has 2 heterocycles. The normalized spacial score (nSPS) is 11.3. The van der Waals surface area contributed by atoms with Crippen LogP contribution in [0, 0.1) is 6.92 Å². The summed E-state index contributed by atoms with van der Waals surface area (Å²) >= 11 is 1.43. The van der Waals surface area contributed by atoms with Gasteiger partial charge in [-0.05, 0) is 48.9 Å². The largest absolute Gasteiger partial charge is 0.463 e. The number of thiazole rings is 1. The third-order valence-electron chi connectivity index (χ3n) is 3.77. The lowest BCUT2D eigenvalue weighted by atomic mass is 10.2. The van der Waals surface area contributed by atoms with Crippen LogP contribution in [0.4, 0.5) is 5.13 Å². The van der Waals surface area contributed by atoms with Crippen LogP contribution in [0.5, 0.6) is 0 Å². The summed E-state index contributed by atoms with van der Waals surface area (Å²) in [6.07, 6.45) is 3.07. The monoisotopic (exact) mass is 361 g/mol. The molecule has 5 nitrogen and oxygen atoms in total. The van der Waals surface area contributed by atoms with Crippen molar-refractivity contribution in [1.82, 2.24) is 4.98 Å². The maximum absolute atomic E-state index is 13.0. The van der Waals surface area contributed by atoms with Crippen molar-refractivity contribution >= 4 is 38.8 Å². The van der Waals surface area contributed by atoms with Gasteiger partial charge in [0, 0.05) is 5.56 Å². The summed E-state index contributed by atoms with van der Waals surface area (Å²) in [6, 6.07) is 18.6. The fourth-order valence-electron chi connectivity index (χ4n) is 2.48. The lowest BCUT2D eigenvalue weighted by Crippen LogP contribution is -2.25. The molecule has 0 aliphatic carbocycles. The van der Waals surface area contributed by atoms with Gasteiger partial charge in [-0.15, -0.1) is 0 Å². The molecule has 0 atom stereocenters. The van der Waals surface area contributed by atoms with E-state index < -0.39 is 0 Å². The van der Waals surface area contributed by atoms with Gasteiger partial charge >= 0.3 is 0 Å². The number of fused-ring (bicyclic) bond motifs is 1. The van der Waals surface area contributed by atoms with Crippen LogP contribution < -0.4 is 5.01 Å². The average molecular weight is 361 g/mol. The summed E-state index contributed by atoms with van der Waals surface area (Å²) in [7, 11) is 0. The second-order valence-corrected chi connectivity index (χ2v) is 6.72. The van der Waals surface area contributed by atoms with Gasteiger partial charge in [-0.2, -0.15) is 10.1 Å². The van der Waals surface area contributed by atoms with Crippen LogP contribution in [-0.2, 0) is 0 Å². The molecule has 4 rings (SSSR count). The zero-order valence-corrected chi connectivity index (χ0v) is 14.8. The Morgan fingerprint density at radius 1 is 1.15 bits per heavy atom. The second kappa shape index (κ2) is 6.93. The van der Waals surface area contributed by atoms with E-state index in [4.69, 9.17) is 4.42 Å². The number of anilines is 1. The SMILES string of the molecule is Cc1ccc2nc(N(/N=C\c3ccco3)C(=O)c3ccccc3)sc2c1. The lowest BCUT2D eigenvalue weighted by Gasteiger charge is -2.13. The minimum absolute atomic E-state index is 0.246. The van der Waals surface area contributed by atoms with Crippen LogP contribution in [0.1, 0.15) is 21.7 Å². The highest BCUT2D eigenvalue weighted by Gasteiger charge is 2.21. The first-order valence-corrected chi connectivity index (χ1v) is 8.86. The first-order chi connectivity index (χ1) is 12.7. The molecule has 0 fully saturated rings. The van der Waals surface area contributed by atoms with Crippen LogP contribution >= 0.6 is 11.3 Å². The van der Waals surface area contributed by atoms with Crippen molar-refractivity contribution in [2.24, 2.45) is 5.10 Å². The summed E-state index contributed by atoms with van der Waals surface area (Å²) in [4.78, 5) is 17.6. The molecule has 128 valence electrons.